The number of anilines is 2. The molecular weight excluding hydrogens is 232 g/mol. The molecule has 1 fully saturated rings. The van der Waals surface area contributed by atoms with Crippen LogP contribution in [0.25, 0.3) is 0 Å². The minimum Gasteiger partial charge on any atom is -0.478 e. The first-order valence-electron chi connectivity index (χ1n) is 6.03. The summed E-state index contributed by atoms with van der Waals surface area (Å²) in [6.45, 7) is 0.648. The smallest absolute Gasteiger partial charge is 0.335 e. The number of carboxylic acids is 1. The largest absolute Gasteiger partial charge is 0.478 e. The Morgan fingerprint density at radius 3 is 2.72 bits per heavy atom. The third-order valence-electron chi connectivity index (χ3n) is 3.14. The Kier molecular flexibility index (Phi) is 3.50. The number of rotatable bonds is 2. The van der Waals surface area contributed by atoms with Gasteiger partial charge in [-0.05, 0) is 31.0 Å². The Bertz CT molecular complexity index is 485. The molecule has 1 heterocycles. The molecule has 0 bridgehead atoms. The van der Waals surface area contributed by atoms with Gasteiger partial charge in [0.1, 0.15) is 0 Å². The first-order chi connectivity index (χ1) is 8.59. The number of hydrogen-bond donors (Lipinski definition) is 2. The van der Waals surface area contributed by atoms with Crippen LogP contribution in [-0.4, -0.2) is 23.5 Å². The van der Waals surface area contributed by atoms with E-state index in [9.17, 15) is 9.59 Å². The summed E-state index contributed by atoms with van der Waals surface area (Å²) < 4.78 is 0. The van der Waals surface area contributed by atoms with Gasteiger partial charge in [-0.1, -0.05) is 6.42 Å². The van der Waals surface area contributed by atoms with E-state index in [-0.39, 0.29) is 11.5 Å². The lowest BCUT2D eigenvalue weighted by Gasteiger charge is -2.22. The van der Waals surface area contributed by atoms with Gasteiger partial charge < -0.3 is 15.7 Å². The van der Waals surface area contributed by atoms with E-state index in [4.69, 9.17) is 10.8 Å². The maximum atomic E-state index is 11.9. The monoisotopic (exact) mass is 248 g/mol. The molecule has 2 rings (SSSR count). The van der Waals surface area contributed by atoms with Gasteiger partial charge in [0.25, 0.3) is 0 Å². The fraction of sp³-hybridized carbons (Fsp3) is 0.385. The summed E-state index contributed by atoms with van der Waals surface area (Å²) in [4.78, 5) is 24.4. The standard InChI is InChI=1S/C13H16N2O3/c14-10-8-9(13(17)18)5-6-11(10)15-7-3-1-2-4-12(15)16/h5-6,8H,1-4,7,14H2,(H,17,18). The van der Waals surface area contributed by atoms with Gasteiger partial charge in [-0.3, -0.25) is 4.79 Å². The second kappa shape index (κ2) is 5.08. The van der Waals surface area contributed by atoms with E-state index >= 15 is 0 Å². The molecule has 96 valence electrons. The number of hydrogen-bond acceptors (Lipinski definition) is 3. The lowest BCUT2D eigenvalue weighted by Crippen LogP contribution is -2.30. The van der Waals surface area contributed by atoms with Crippen LogP contribution in [0.1, 0.15) is 36.0 Å². The third kappa shape index (κ3) is 2.45. The van der Waals surface area contributed by atoms with Gasteiger partial charge in [-0.15, -0.1) is 0 Å². The summed E-state index contributed by atoms with van der Waals surface area (Å²) in [5.41, 5.74) is 6.94. The predicted octanol–water partition coefficient (Wildman–Crippen LogP) is 1.87. The van der Waals surface area contributed by atoms with E-state index in [0.717, 1.165) is 19.3 Å². The van der Waals surface area contributed by atoms with Crippen molar-refractivity contribution in [3.05, 3.63) is 23.8 Å². The van der Waals surface area contributed by atoms with Gasteiger partial charge in [0.05, 0.1) is 16.9 Å². The highest BCUT2D eigenvalue weighted by molar-refractivity contribution is 5.98. The molecule has 0 radical (unpaired) electrons. The number of carbonyl (C=O) groups excluding carboxylic acids is 1. The molecule has 0 aliphatic carbocycles. The van der Waals surface area contributed by atoms with Crippen LogP contribution in [0, 0.1) is 0 Å². The van der Waals surface area contributed by atoms with Crippen LogP contribution in [0.3, 0.4) is 0 Å². The molecule has 0 saturated carbocycles. The second-order valence-electron chi connectivity index (χ2n) is 4.43. The molecule has 1 aliphatic rings. The van der Waals surface area contributed by atoms with Crippen LogP contribution < -0.4 is 10.6 Å². The van der Waals surface area contributed by atoms with Crippen LogP contribution in [-0.2, 0) is 4.79 Å². The van der Waals surface area contributed by atoms with Crippen molar-refractivity contribution in [3.8, 4) is 0 Å². The Morgan fingerprint density at radius 1 is 1.28 bits per heavy atom. The Hall–Kier alpha value is -2.04. The molecule has 0 aromatic heterocycles. The summed E-state index contributed by atoms with van der Waals surface area (Å²) in [5.74, 6) is -0.960. The molecule has 0 spiro atoms. The average molecular weight is 248 g/mol. The molecule has 1 aliphatic heterocycles. The van der Waals surface area contributed by atoms with Crippen LogP contribution in [0.4, 0.5) is 11.4 Å². The van der Waals surface area contributed by atoms with Gasteiger partial charge in [-0.2, -0.15) is 0 Å². The van der Waals surface area contributed by atoms with Crippen molar-refractivity contribution >= 4 is 23.3 Å². The number of nitrogens with zero attached hydrogens (tertiary/aromatic N) is 1. The van der Waals surface area contributed by atoms with Crippen molar-refractivity contribution in [1.82, 2.24) is 0 Å². The molecule has 5 heteroatoms. The highest BCUT2D eigenvalue weighted by Gasteiger charge is 2.20. The van der Waals surface area contributed by atoms with Crippen molar-refractivity contribution in [2.75, 3.05) is 17.2 Å². The second-order valence-corrected chi connectivity index (χ2v) is 4.43. The normalized spacial score (nSPS) is 16.4. The van der Waals surface area contributed by atoms with Gasteiger partial charge in [0.2, 0.25) is 5.91 Å². The Labute approximate surface area is 105 Å². The van der Waals surface area contributed by atoms with E-state index in [1.807, 2.05) is 0 Å². The first-order valence-corrected chi connectivity index (χ1v) is 6.03. The third-order valence-corrected chi connectivity index (χ3v) is 3.14. The SMILES string of the molecule is Nc1cc(C(=O)O)ccc1N1CCCCCC1=O. The molecule has 0 atom stereocenters. The minimum absolute atomic E-state index is 0.0577. The number of nitrogen functional groups attached to an aromatic ring is 1. The molecule has 1 aromatic rings. The van der Waals surface area contributed by atoms with Crippen LogP contribution in [0.2, 0.25) is 0 Å². The van der Waals surface area contributed by atoms with Crippen molar-refractivity contribution in [2.45, 2.75) is 25.7 Å². The van der Waals surface area contributed by atoms with E-state index < -0.39 is 5.97 Å². The molecule has 18 heavy (non-hydrogen) atoms. The van der Waals surface area contributed by atoms with Crippen molar-refractivity contribution in [1.29, 1.82) is 0 Å². The van der Waals surface area contributed by atoms with E-state index in [2.05, 4.69) is 0 Å². The number of nitrogens with two attached hydrogens (primary N) is 1. The fourth-order valence-electron chi connectivity index (χ4n) is 2.17. The van der Waals surface area contributed by atoms with Crippen LogP contribution in [0.15, 0.2) is 18.2 Å². The van der Waals surface area contributed by atoms with Gasteiger partial charge in [0.15, 0.2) is 0 Å². The summed E-state index contributed by atoms with van der Waals surface area (Å²) in [5, 5.41) is 8.87. The lowest BCUT2D eigenvalue weighted by molar-refractivity contribution is -0.118. The maximum Gasteiger partial charge on any atom is 0.335 e. The highest BCUT2D eigenvalue weighted by Crippen LogP contribution is 2.27. The Morgan fingerprint density at radius 2 is 2.06 bits per heavy atom. The van der Waals surface area contributed by atoms with Gasteiger partial charge >= 0.3 is 5.97 Å². The average Bonchev–Trinajstić information content (AvgIpc) is 2.54. The van der Waals surface area contributed by atoms with Crippen molar-refractivity contribution < 1.29 is 14.7 Å². The van der Waals surface area contributed by atoms with E-state index in [0.29, 0.717) is 24.3 Å². The first kappa shape index (κ1) is 12.4. The molecule has 3 N–H and O–H groups in total. The zero-order valence-electron chi connectivity index (χ0n) is 10.1. The lowest BCUT2D eigenvalue weighted by atomic mass is 10.1. The summed E-state index contributed by atoms with van der Waals surface area (Å²) in [6.07, 6.45) is 3.42. The minimum atomic E-state index is -1.02. The number of carbonyl (C=O) groups is 2. The zero-order chi connectivity index (χ0) is 13.1. The van der Waals surface area contributed by atoms with E-state index in [1.165, 1.54) is 12.1 Å². The molecule has 1 saturated heterocycles. The summed E-state index contributed by atoms with van der Waals surface area (Å²) in [6, 6.07) is 4.49. The summed E-state index contributed by atoms with van der Waals surface area (Å²) in [7, 11) is 0. The van der Waals surface area contributed by atoms with Crippen molar-refractivity contribution in [3.63, 3.8) is 0 Å². The maximum absolute atomic E-state index is 11.9. The van der Waals surface area contributed by atoms with Crippen LogP contribution in [0.5, 0.6) is 0 Å². The van der Waals surface area contributed by atoms with Crippen molar-refractivity contribution in [2.24, 2.45) is 0 Å². The number of amides is 1. The molecule has 1 amide bonds. The topological polar surface area (TPSA) is 83.6 Å². The van der Waals surface area contributed by atoms with E-state index in [1.54, 1.807) is 11.0 Å². The zero-order valence-corrected chi connectivity index (χ0v) is 10.1. The molecular formula is C13H16N2O3. The molecule has 5 nitrogen and oxygen atoms in total. The van der Waals surface area contributed by atoms with Gasteiger partial charge in [0, 0.05) is 13.0 Å². The quantitative estimate of drug-likeness (QED) is 0.782. The molecule has 1 aromatic carbocycles. The number of benzene rings is 1. The van der Waals surface area contributed by atoms with Crippen LogP contribution >= 0.6 is 0 Å². The molecule has 0 unspecified atom stereocenters. The fourth-order valence-corrected chi connectivity index (χ4v) is 2.17. The summed E-state index contributed by atoms with van der Waals surface area (Å²) >= 11 is 0. The van der Waals surface area contributed by atoms with Gasteiger partial charge in [-0.25, -0.2) is 4.79 Å². The number of aromatic carboxylic acids is 1. The highest BCUT2D eigenvalue weighted by atomic mass is 16.4. The Balaban J connectivity index is 2.32. The predicted molar refractivity (Wildman–Crippen MR) is 68.6 cm³/mol. The number of carboxylic acid groups (broad SMARTS) is 1.